The topological polar surface area (TPSA) is 33.1 Å². The standard InChI is InChI=1S/C14H20N4/c1-11(14-15-9-10-18(14)4)16-12-5-7-13(8-6-12)17(2)3/h5-11,16H,1-4H3. The Morgan fingerprint density at radius 3 is 2.39 bits per heavy atom. The molecule has 1 heterocycles. The SMILES string of the molecule is CC(Nc1ccc(N(C)C)cc1)c1nccn1C. The van der Waals surface area contributed by atoms with Crippen molar-refractivity contribution < 1.29 is 0 Å². The maximum absolute atomic E-state index is 4.35. The van der Waals surface area contributed by atoms with Crippen LogP contribution < -0.4 is 10.2 Å². The van der Waals surface area contributed by atoms with Crippen LogP contribution in [0.4, 0.5) is 11.4 Å². The van der Waals surface area contributed by atoms with Crippen LogP contribution in [0, 0.1) is 0 Å². The predicted molar refractivity (Wildman–Crippen MR) is 76.0 cm³/mol. The van der Waals surface area contributed by atoms with Gasteiger partial charge in [-0.3, -0.25) is 0 Å². The highest BCUT2D eigenvalue weighted by atomic mass is 15.1. The molecule has 0 bridgehead atoms. The third kappa shape index (κ3) is 2.64. The molecule has 0 spiro atoms. The van der Waals surface area contributed by atoms with Crippen LogP contribution in [0.5, 0.6) is 0 Å². The molecule has 0 aliphatic carbocycles. The zero-order valence-electron chi connectivity index (χ0n) is 11.4. The number of aryl methyl sites for hydroxylation is 1. The van der Waals surface area contributed by atoms with Crippen LogP contribution in [0.3, 0.4) is 0 Å². The van der Waals surface area contributed by atoms with Gasteiger partial charge in [0.2, 0.25) is 0 Å². The molecule has 1 atom stereocenters. The van der Waals surface area contributed by atoms with Crippen LogP contribution in [-0.2, 0) is 7.05 Å². The molecule has 1 unspecified atom stereocenters. The van der Waals surface area contributed by atoms with E-state index in [-0.39, 0.29) is 6.04 Å². The number of imidazole rings is 1. The molecule has 0 saturated carbocycles. The van der Waals surface area contributed by atoms with Gasteiger partial charge in [0, 0.05) is 44.9 Å². The van der Waals surface area contributed by atoms with E-state index < -0.39 is 0 Å². The van der Waals surface area contributed by atoms with Crippen molar-refractivity contribution in [2.75, 3.05) is 24.3 Å². The van der Waals surface area contributed by atoms with Crippen LogP contribution in [0.1, 0.15) is 18.8 Å². The molecule has 0 saturated heterocycles. The molecular weight excluding hydrogens is 224 g/mol. The number of hydrogen-bond acceptors (Lipinski definition) is 3. The molecular formula is C14H20N4. The first-order valence-electron chi connectivity index (χ1n) is 6.09. The van der Waals surface area contributed by atoms with Crippen LogP contribution in [-0.4, -0.2) is 23.6 Å². The third-order valence-corrected chi connectivity index (χ3v) is 3.01. The fraction of sp³-hybridized carbons (Fsp3) is 0.357. The summed E-state index contributed by atoms with van der Waals surface area (Å²) in [6, 6.07) is 8.58. The summed E-state index contributed by atoms with van der Waals surface area (Å²) < 4.78 is 2.03. The quantitative estimate of drug-likeness (QED) is 0.897. The van der Waals surface area contributed by atoms with Crippen LogP contribution >= 0.6 is 0 Å². The molecule has 0 radical (unpaired) electrons. The van der Waals surface area contributed by atoms with Gasteiger partial charge >= 0.3 is 0 Å². The second-order valence-corrected chi connectivity index (χ2v) is 4.70. The smallest absolute Gasteiger partial charge is 0.130 e. The van der Waals surface area contributed by atoms with Gasteiger partial charge in [-0.05, 0) is 31.2 Å². The summed E-state index contributed by atoms with van der Waals surface area (Å²) >= 11 is 0. The Labute approximate surface area is 108 Å². The van der Waals surface area contributed by atoms with Crippen LogP contribution in [0.2, 0.25) is 0 Å². The Hall–Kier alpha value is -1.97. The highest BCUT2D eigenvalue weighted by Crippen LogP contribution is 2.20. The molecule has 1 N–H and O–H groups in total. The number of nitrogens with one attached hydrogen (secondary N) is 1. The monoisotopic (exact) mass is 244 g/mol. The van der Waals surface area contributed by atoms with Gasteiger partial charge in [-0.2, -0.15) is 0 Å². The predicted octanol–water partition coefficient (Wildman–Crippen LogP) is 2.66. The van der Waals surface area contributed by atoms with Gasteiger partial charge in [0.05, 0.1) is 6.04 Å². The number of aromatic nitrogens is 2. The summed E-state index contributed by atoms with van der Waals surface area (Å²) in [4.78, 5) is 6.44. The molecule has 4 nitrogen and oxygen atoms in total. The van der Waals surface area contributed by atoms with E-state index in [0.29, 0.717) is 0 Å². The molecule has 1 aromatic carbocycles. The summed E-state index contributed by atoms with van der Waals surface area (Å²) in [6.45, 7) is 2.11. The molecule has 0 amide bonds. The van der Waals surface area contributed by atoms with Gasteiger partial charge in [-0.15, -0.1) is 0 Å². The van der Waals surface area contributed by atoms with E-state index in [1.54, 1.807) is 0 Å². The summed E-state index contributed by atoms with van der Waals surface area (Å²) in [5, 5.41) is 3.45. The Bertz CT molecular complexity index is 499. The van der Waals surface area contributed by atoms with Crippen molar-refractivity contribution in [3.05, 3.63) is 42.5 Å². The van der Waals surface area contributed by atoms with Gasteiger partial charge in [0.1, 0.15) is 5.82 Å². The average molecular weight is 244 g/mol. The number of benzene rings is 1. The van der Waals surface area contributed by atoms with E-state index >= 15 is 0 Å². The van der Waals surface area contributed by atoms with Gasteiger partial charge in [0.25, 0.3) is 0 Å². The molecule has 18 heavy (non-hydrogen) atoms. The minimum absolute atomic E-state index is 0.190. The van der Waals surface area contributed by atoms with Crippen LogP contribution in [0.15, 0.2) is 36.7 Å². The van der Waals surface area contributed by atoms with E-state index in [4.69, 9.17) is 0 Å². The van der Waals surface area contributed by atoms with E-state index in [2.05, 4.69) is 46.4 Å². The lowest BCUT2D eigenvalue weighted by molar-refractivity contribution is 0.722. The third-order valence-electron chi connectivity index (χ3n) is 3.01. The van der Waals surface area contributed by atoms with Crippen molar-refractivity contribution in [1.82, 2.24) is 9.55 Å². The maximum Gasteiger partial charge on any atom is 0.130 e. The fourth-order valence-corrected chi connectivity index (χ4v) is 1.96. The summed E-state index contributed by atoms with van der Waals surface area (Å²) in [5.74, 6) is 1.03. The molecule has 1 aromatic heterocycles. The highest BCUT2D eigenvalue weighted by Gasteiger charge is 2.09. The lowest BCUT2D eigenvalue weighted by Crippen LogP contribution is -2.12. The van der Waals surface area contributed by atoms with E-state index in [1.807, 2.05) is 38.1 Å². The summed E-state index contributed by atoms with van der Waals surface area (Å²) in [7, 11) is 6.09. The Morgan fingerprint density at radius 1 is 1.22 bits per heavy atom. The number of nitrogens with zero attached hydrogens (tertiary/aromatic N) is 3. The second-order valence-electron chi connectivity index (χ2n) is 4.70. The van der Waals surface area contributed by atoms with E-state index in [9.17, 15) is 0 Å². The average Bonchev–Trinajstić information content (AvgIpc) is 2.76. The number of rotatable bonds is 4. The lowest BCUT2D eigenvalue weighted by Gasteiger charge is -2.17. The molecule has 0 aliphatic rings. The van der Waals surface area contributed by atoms with Crippen molar-refractivity contribution in [3.8, 4) is 0 Å². The minimum atomic E-state index is 0.190. The van der Waals surface area contributed by atoms with Gasteiger partial charge in [-0.25, -0.2) is 4.98 Å². The van der Waals surface area contributed by atoms with Crippen molar-refractivity contribution in [2.45, 2.75) is 13.0 Å². The van der Waals surface area contributed by atoms with Crippen molar-refractivity contribution in [1.29, 1.82) is 0 Å². The summed E-state index contributed by atoms with van der Waals surface area (Å²) in [6.07, 6.45) is 3.78. The molecule has 4 heteroatoms. The van der Waals surface area contributed by atoms with Crippen molar-refractivity contribution in [3.63, 3.8) is 0 Å². The zero-order chi connectivity index (χ0) is 13.1. The lowest BCUT2D eigenvalue weighted by atomic mass is 10.2. The van der Waals surface area contributed by atoms with Gasteiger partial charge in [0.15, 0.2) is 0 Å². The van der Waals surface area contributed by atoms with E-state index in [1.165, 1.54) is 5.69 Å². The highest BCUT2D eigenvalue weighted by molar-refractivity contribution is 5.54. The zero-order valence-corrected chi connectivity index (χ0v) is 11.4. The molecule has 0 fully saturated rings. The molecule has 2 rings (SSSR count). The van der Waals surface area contributed by atoms with E-state index in [0.717, 1.165) is 11.5 Å². The van der Waals surface area contributed by atoms with Crippen LogP contribution in [0.25, 0.3) is 0 Å². The first kappa shape index (κ1) is 12.5. The fourth-order valence-electron chi connectivity index (χ4n) is 1.96. The first-order chi connectivity index (χ1) is 8.58. The Morgan fingerprint density at radius 2 is 1.89 bits per heavy atom. The molecule has 96 valence electrons. The Kier molecular flexibility index (Phi) is 3.55. The number of hydrogen-bond donors (Lipinski definition) is 1. The van der Waals surface area contributed by atoms with Crippen molar-refractivity contribution >= 4 is 11.4 Å². The maximum atomic E-state index is 4.35. The van der Waals surface area contributed by atoms with Gasteiger partial charge < -0.3 is 14.8 Å². The molecule has 2 aromatic rings. The Balaban J connectivity index is 2.08. The van der Waals surface area contributed by atoms with Crippen molar-refractivity contribution in [2.24, 2.45) is 7.05 Å². The second kappa shape index (κ2) is 5.12. The summed E-state index contributed by atoms with van der Waals surface area (Å²) in [5.41, 5.74) is 2.31. The van der Waals surface area contributed by atoms with Gasteiger partial charge in [-0.1, -0.05) is 0 Å². The minimum Gasteiger partial charge on any atom is -0.378 e. The largest absolute Gasteiger partial charge is 0.378 e. The first-order valence-corrected chi connectivity index (χ1v) is 6.09. The normalized spacial score (nSPS) is 12.2. The number of anilines is 2. The molecule has 0 aliphatic heterocycles.